The Morgan fingerprint density at radius 2 is 1.83 bits per heavy atom. The molecule has 0 radical (unpaired) electrons. The highest BCUT2D eigenvalue weighted by Crippen LogP contribution is 2.40. The molecule has 0 aromatic heterocycles. The molecule has 4 rings (SSSR count). The summed E-state index contributed by atoms with van der Waals surface area (Å²) in [5.74, 6) is -0.991. The molecule has 132 valence electrons. The Morgan fingerprint density at radius 3 is 2.58 bits per heavy atom. The monoisotopic (exact) mass is 356 g/mol. The lowest BCUT2D eigenvalue weighted by atomic mass is 10.1. The molecule has 0 aliphatic carbocycles. The van der Waals surface area contributed by atoms with E-state index in [-0.39, 0.29) is 29.5 Å². The SMILES string of the molecule is CC1(C)O[C@H]2O[C@@H]3COC(CS(=O)(=O)c4ccccc4)O[C@@H]3[C@H]2O1. The molecule has 3 heterocycles. The number of rotatable bonds is 3. The fourth-order valence-electron chi connectivity index (χ4n) is 3.25. The lowest BCUT2D eigenvalue weighted by Gasteiger charge is -2.34. The molecule has 1 unspecified atom stereocenters. The van der Waals surface area contributed by atoms with Gasteiger partial charge >= 0.3 is 0 Å². The Hall–Kier alpha value is -1.03. The second kappa shape index (κ2) is 5.76. The van der Waals surface area contributed by atoms with Crippen molar-refractivity contribution in [1.82, 2.24) is 0 Å². The molecule has 1 aromatic carbocycles. The van der Waals surface area contributed by atoms with Crippen LogP contribution in [0, 0.1) is 0 Å². The first kappa shape index (κ1) is 16.4. The van der Waals surface area contributed by atoms with E-state index >= 15 is 0 Å². The standard InChI is InChI=1S/C16H20O7S/c1-16(2)22-14-13-11(20-15(14)23-16)8-19-12(21-13)9-24(17,18)10-6-4-3-5-7-10/h3-7,11-15H,8-9H2,1-2H3/t11-,12?,13+,14-,15-/m1/s1. The van der Waals surface area contributed by atoms with Crippen LogP contribution < -0.4 is 0 Å². The molecule has 5 atom stereocenters. The third-order valence-corrected chi connectivity index (χ3v) is 6.00. The van der Waals surface area contributed by atoms with Crippen molar-refractivity contribution in [2.45, 2.75) is 55.4 Å². The first-order valence-corrected chi connectivity index (χ1v) is 9.55. The first-order valence-electron chi connectivity index (χ1n) is 7.90. The Labute approximate surface area is 140 Å². The third kappa shape index (κ3) is 2.98. The van der Waals surface area contributed by atoms with Gasteiger partial charge in [0.2, 0.25) is 0 Å². The van der Waals surface area contributed by atoms with Crippen molar-refractivity contribution in [2.24, 2.45) is 0 Å². The van der Waals surface area contributed by atoms with Crippen molar-refractivity contribution < 1.29 is 32.1 Å². The topological polar surface area (TPSA) is 80.3 Å². The summed E-state index contributed by atoms with van der Waals surface area (Å²) in [7, 11) is -3.50. The van der Waals surface area contributed by atoms with Gasteiger partial charge in [0.05, 0.1) is 11.5 Å². The normalized spacial score (nSPS) is 37.8. The molecule has 7 nitrogen and oxygen atoms in total. The molecule has 3 aliphatic heterocycles. The Morgan fingerprint density at radius 1 is 1.08 bits per heavy atom. The van der Waals surface area contributed by atoms with Crippen LogP contribution in [0.3, 0.4) is 0 Å². The van der Waals surface area contributed by atoms with Crippen LogP contribution in [0.25, 0.3) is 0 Å². The minimum absolute atomic E-state index is 0.248. The van der Waals surface area contributed by atoms with Crippen LogP contribution >= 0.6 is 0 Å². The Bertz CT molecular complexity index is 702. The molecule has 24 heavy (non-hydrogen) atoms. The zero-order chi connectivity index (χ0) is 16.9. The molecule has 3 fully saturated rings. The summed E-state index contributed by atoms with van der Waals surface area (Å²) < 4.78 is 53.6. The second-order valence-corrected chi connectivity index (χ2v) is 8.64. The first-order chi connectivity index (χ1) is 11.3. The van der Waals surface area contributed by atoms with E-state index in [1.807, 2.05) is 0 Å². The minimum atomic E-state index is -3.50. The number of ether oxygens (including phenoxy) is 5. The van der Waals surface area contributed by atoms with E-state index in [0.717, 1.165) is 0 Å². The van der Waals surface area contributed by atoms with Gasteiger partial charge in [0, 0.05) is 0 Å². The summed E-state index contributed by atoms with van der Waals surface area (Å²) in [6.07, 6.45) is -2.46. The van der Waals surface area contributed by atoms with Crippen molar-refractivity contribution in [2.75, 3.05) is 12.4 Å². The van der Waals surface area contributed by atoms with Gasteiger partial charge < -0.3 is 23.7 Å². The highest BCUT2D eigenvalue weighted by atomic mass is 32.2. The Kier molecular flexibility index (Phi) is 3.94. The zero-order valence-corrected chi connectivity index (χ0v) is 14.3. The molecule has 0 amide bonds. The molecule has 3 aliphatic rings. The predicted octanol–water partition coefficient (Wildman–Crippen LogP) is 1.08. The van der Waals surface area contributed by atoms with Gasteiger partial charge in [-0.25, -0.2) is 8.42 Å². The molecule has 0 spiro atoms. The second-order valence-electron chi connectivity index (χ2n) is 6.60. The molecule has 0 saturated carbocycles. The number of fused-ring (bicyclic) bond motifs is 3. The molecule has 8 heteroatoms. The smallest absolute Gasteiger partial charge is 0.190 e. The van der Waals surface area contributed by atoms with Crippen molar-refractivity contribution in [3.8, 4) is 0 Å². The van der Waals surface area contributed by atoms with Crippen LogP contribution in [0.1, 0.15) is 13.8 Å². The largest absolute Gasteiger partial charge is 0.349 e. The molecule has 1 aromatic rings. The maximum atomic E-state index is 12.5. The molecular formula is C16H20O7S. The van der Waals surface area contributed by atoms with Crippen LogP contribution in [-0.4, -0.2) is 57.5 Å². The number of hydrogen-bond acceptors (Lipinski definition) is 7. The summed E-state index contributed by atoms with van der Waals surface area (Å²) in [4.78, 5) is 0.251. The fourth-order valence-corrected chi connectivity index (χ4v) is 4.55. The lowest BCUT2D eigenvalue weighted by Crippen LogP contribution is -2.48. The van der Waals surface area contributed by atoms with Crippen LogP contribution in [0.4, 0.5) is 0 Å². The number of sulfone groups is 1. The zero-order valence-electron chi connectivity index (χ0n) is 13.5. The van der Waals surface area contributed by atoms with E-state index in [2.05, 4.69) is 0 Å². The highest BCUT2D eigenvalue weighted by molar-refractivity contribution is 7.91. The van der Waals surface area contributed by atoms with Gasteiger partial charge in [0.25, 0.3) is 0 Å². The maximum absolute atomic E-state index is 12.5. The molecular weight excluding hydrogens is 336 g/mol. The highest BCUT2D eigenvalue weighted by Gasteiger charge is 2.57. The van der Waals surface area contributed by atoms with Crippen molar-refractivity contribution in [1.29, 1.82) is 0 Å². The van der Waals surface area contributed by atoms with Gasteiger partial charge in [0.15, 0.2) is 28.2 Å². The molecule has 3 saturated heterocycles. The van der Waals surface area contributed by atoms with Crippen molar-refractivity contribution in [3.05, 3.63) is 30.3 Å². The maximum Gasteiger partial charge on any atom is 0.190 e. The molecule has 0 bridgehead atoms. The van der Waals surface area contributed by atoms with Gasteiger partial charge in [-0.2, -0.15) is 0 Å². The van der Waals surface area contributed by atoms with Crippen LogP contribution in [0.15, 0.2) is 35.2 Å². The van der Waals surface area contributed by atoms with E-state index in [4.69, 9.17) is 23.7 Å². The lowest BCUT2D eigenvalue weighted by molar-refractivity contribution is -0.276. The van der Waals surface area contributed by atoms with E-state index in [9.17, 15) is 8.42 Å². The van der Waals surface area contributed by atoms with Gasteiger partial charge in [0.1, 0.15) is 24.1 Å². The predicted molar refractivity (Wildman–Crippen MR) is 81.8 cm³/mol. The number of hydrogen-bond donors (Lipinski definition) is 0. The fraction of sp³-hybridized carbons (Fsp3) is 0.625. The average molecular weight is 356 g/mol. The van der Waals surface area contributed by atoms with E-state index < -0.39 is 34.3 Å². The summed E-state index contributed by atoms with van der Waals surface area (Å²) in [6.45, 7) is 3.86. The van der Waals surface area contributed by atoms with E-state index in [1.54, 1.807) is 44.2 Å². The average Bonchev–Trinajstić information content (AvgIpc) is 3.00. The summed E-state index contributed by atoms with van der Waals surface area (Å²) in [5, 5.41) is 0. The summed E-state index contributed by atoms with van der Waals surface area (Å²) in [6, 6.07) is 8.27. The number of benzene rings is 1. The van der Waals surface area contributed by atoms with Gasteiger partial charge in [-0.1, -0.05) is 18.2 Å². The summed E-state index contributed by atoms with van der Waals surface area (Å²) in [5.41, 5.74) is 0. The van der Waals surface area contributed by atoms with Crippen LogP contribution in [0.2, 0.25) is 0 Å². The van der Waals surface area contributed by atoms with Crippen LogP contribution in [0.5, 0.6) is 0 Å². The Balaban J connectivity index is 1.46. The third-order valence-electron chi connectivity index (χ3n) is 4.30. The van der Waals surface area contributed by atoms with Crippen molar-refractivity contribution >= 4 is 9.84 Å². The van der Waals surface area contributed by atoms with Gasteiger partial charge in [-0.05, 0) is 26.0 Å². The van der Waals surface area contributed by atoms with Crippen molar-refractivity contribution in [3.63, 3.8) is 0 Å². The minimum Gasteiger partial charge on any atom is -0.349 e. The van der Waals surface area contributed by atoms with Gasteiger partial charge in [-0.3, -0.25) is 0 Å². The van der Waals surface area contributed by atoms with Crippen LogP contribution in [-0.2, 0) is 33.5 Å². The quantitative estimate of drug-likeness (QED) is 0.802. The van der Waals surface area contributed by atoms with E-state index in [0.29, 0.717) is 0 Å². The van der Waals surface area contributed by atoms with E-state index in [1.165, 1.54) is 0 Å². The summed E-state index contributed by atoms with van der Waals surface area (Å²) >= 11 is 0. The molecule has 0 N–H and O–H groups in total. The van der Waals surface area contributed by atoms with Gasteiger partial charge in [-0.15, -0.1) is 0 Å².